The van der Waals surface area contributed by atoms with Gasteiger partial charge in [-0.1, -0.05) is 13.8 Å². The van der Waals surface area contributed by atoms with Crippen LogP contribution in [0.2, 0.25) is 0 Å². The number of nitrogens with zero attached hydrogens (tertiary/aromatic N) is 1. The molecule has 0 aliphatic carbocycles. The van der Waals surface area contributed by atoms with Crippen molar-refractivity contribution >= 4 is 0 Å². The molecular formula is C14H24N2O. The van der Waals surface area contributed by atoms with Crippen LogP contribution in [0.25, 0.3) is 0 Å². The third-order valence-electron chi connectivity index (χ3n) is 3.93. The van der Waals surface area contributed by atoms with E-state index < -0.39 is 0 Å². The number of hydrogen-bond donors (Lipinski definition) is 1. The molecule has 0 aromatic carbocycles. The normalized spacial score (nSPS) is 26.2. The summed E-state index contributed by atoms with van der Waals surface area (Å²) in [4.78, 5) is 2.58. The summed E-state index contributed by atoms with van der Waals surface area (Å²) in [6.07, 6.45) is 4.88. The summed E-state index contributed by atoms with van der Waals surface area (Å²) in [7, 11) is 0. The van der Waals surface area contributed by atoms with Crippen molar-refractivity contribution in [3.8, 4) is 0 Å². The molecule has 0 saturated carbocycles. The summed E-state index contributed by atoms with van der Waals surface area (Å²) in [5.74, 6) is 1.74. The van der Waals surface area contributed by atoms with Crippen LogP contribution in [-0.4, -0.2) is 31.1 Å². The van der Waals surface area contributed by atoms with Crippen LogP contribution in [0.5, 0.6) is 0 Å². The Kier molecular flexibility index (Phi) is 4.63. The molecule has 1 aliphatic heterocycles. The van der Waals surface area contributed by atoms with E-state index in [4.69, 9.17) is 4.42 Å². The maximum Gasteiger partial charge on any atom is 0.0947 e. The van der Waals surface area contributed by atoms with E-state index in [1.807, 2.05) is 6.07 Å². The first kappa shape index (κ1) is 12.7. The van der Waals surface area contributed by atoms with Crippen molar-refractivity contribution in [1.29, 1.82) is 0 Å². The van der Waals surface area contributed by atoms with E-state index >= 15 is 0 Å². The van der Waals surface area contributed by atoms with Gasteiger partial charge in [0, 0.05) is 31.7 Å². The van der Waals surface area contributed by atoms with E-state index in [1.165, 1.54) is 25.1 Å². The maximum atomic E-state index is 5.04. The average Bonchev–Trinajstić information content (AvgIpc) is 2.82. The lowest BCUT2D eigenvalue weighted by atomic mass is 9.89. The molecule has 1 fully saturated rings. The summed E-state index contributed by atoms with van der Waals surface area (Å²) in [5.41, 5.74) is 1.23. The lowest BCUT2D eigenvalue weighted by Crippen LogP contribution is -2.41. The Morgan fingerprint density at radius 2 is 2.29 bits per heavy atom. The minimum atomic E-state index is 0.845. The minimum Gasteiger partial charge on any atom is -0.472 e. The van der Waals surface area contributed by atoms with Gasteiger partial charge in [-0.25, -0.2) is 0 Å². The molecule has 0 spiro atoms. The Hall–Kier alpha value is -0.800. The first-order valence-corrected chi connectivity index (χ1v) is 6.70. The summed E-state index contributed by atoms with van der Waals surface area (Å²) in [6, 6.07) is 2.01. The number of likely N-dealkylation sites (tertiary alicyclic amines) is 1. The van der Waals surface area contributed by atoms with Crippen molar-refractivity contribution in [1.82, 2.24) is 10.2 Å². The molecule has 1 saturated heterocycles. The fraction of sp³-hybridized carbons (Fsp3) is 0.714. The maximum absolute atomic E-state index is 5.04. The molecule has 2 unspecified atom stereocenters. The summed E-state index contributed by atoms with van der Waals surface area (Å²) in [5, 5.41) is 3.46. The van der Waals surface area contributed by atoms with Crippen LogP contribution in [0.4, 0.5) is 0 Å². The SMILES string of the molecule is CC1CCN(CCNCc2ccoc2)CC1C. The van der Waals surface area contributed by atoms with Gasteiger partial charge < -0.3 is 14.6 Å². The Labute approximate surface area is 104 Å². The first-order chi connectivity index (χ1) is 8.25. The zero-order chi connectivity index (χ0) is 12.1. The van der Waals surface area contributed by atoms with Gasteiger partial charge in [-0.15, -0.1) is 0 Å². The van der Waals surface area contributed by atoms with Crippen molar-refractivity contribution in [3.05, 3.63) is 24.2 Å². The highest BCUT2D eigenvalue weighted by molar-refractivity contribution is 5.04. The molecule has 1 aromatic rings. The van der Waals surface area contributed by atoms with Crippen molar-refractivity contribution in [3.63, 3.8) is 0 Å². The van der Waals surface area contributed by atoms with E-state index in [2.05, 4.69) is 24.1 Å². The van der Waals surface area contributed by atoms with Gasteiger partial charge in [-0.2, -0.15) is 0 Å². The van der Waals surface area contributed by atoms with Crippen LogP contribution in [0.3, 0.4) is 0 Å². The summed E-state index contributed by atoms with van der Waals surface area (Å²) in [6.45, 7) is 10.4. The molecule has 17 heavy (non-hydrogen) atoms. The molecule has 0 radical (unpaired) electrons. The molecule has 2 rings (SSSR count). The first-order valence-electron chi connectivity index (χ1n) is 6.70. The topological polar surface area (TPSA) is 28.4 Å². The zero-order valence-corrected chi connectivity index (χ0v) is 11.0. The summed E-state index contributed by atoms with van der Waals surface area (Å²) < 4.78 is 5.04. The fourth-order valence-electron chi connectivity index (χ4n) is 2.42. The van der Waals surface area contributed by atoms with Gasteiger partial charge in [0.1, 0.15) is 0 Å². The molecular weight excluding hydrogens is 212 g/mol. The highest BCUT2D eigenvalue weighted by Gasteiger charge is 2.21. The molecule has 3 heteroatoms. The van der Waals surface area contributed by atoms with Crippen LogP contribution in [-0.2, 0) is 6.54 Å². The Morgan fingerprint density at radius 1 is 1.41 bits per heavy atom. The Balaban J connectivity index is 1.59. The third-order valence-corrected chi connectivity index (χ3v) is 3.93. The largest absolute Gasteiger partial charge is 0.472 e. The van der Waals surface area contributed by atoms with Crippen LogP contribution in [0, 0.1) is 11.8 Å². The second-order valence-corrected chi connectivity index (χ2v) is 5.35. The van der Waals surface area contributed by atoms with Crippen molar-refractivity contribution in [2.45, 2.75) is 26.8 Å². The molecule has 0 amide bonds. The molecule has 2 atom stereocenters. The number of nitrogens with one attached hydrogen (secondary N) is 1. The van der Waals surface area contributed by atoms with Gasteiger partial charge in [-0.05, 0) is 30.9 Å². The van der Waals surface area contributed by atoms with E-state index in [0.29, 0.717) is 0 Å². The van der Waals surface area contributed by atoms with Crippen LogP contribution in [0.1, 0.15) is 25.8 Å². The Bertz CT molecular complexity index is 310. The number of furan rings is 1. The molecule has 1 N–H and O–H groups in total. The quantitative estimate of drug-likeness (QED) is 0.796. The number of rotatable bonds is 5. The molecule has 3 nitrogen and oxygen atoms in total. The molecule has 1 aliphatic rings. The average molecular weight is 236 g/mol. The second-order valence-electron chi connectivity index (χ2n) is 5.35. The van der Waals surface area contributed by atoms with Crippen molar-refractivity contribution in [2.24, 2.45) is 11.8 Å². The van der Waals surface area contributed by atoms with E-state index in [-0.39, 0.29) is 0 Å². The number of hydrogen-bond acceptors (Lipinski definition) is 3. The third kappa shape index (κ3) is 3.86. The van der Waals surface area contributed by atoms with Gasteiger partial charge in [0.25, 0.3) is 0 Å². The van der Waals surface area contributed by atoms with Gasteiger partial charge in [0.05, 0.1) is 12.5 Å². The van der Waals surface area contributed by atoms with Gasteiger partial charge in [0.15, 0.2) is 0 Å². The van der Waals surface area contributed by atoms with Gasteiger partial charge in [-0.3, -0.25) is 0 Å². The highest BCUT2D eigenvalue weighted by Crippen LogP contribution is 2.21. The predicted molar refractivity (Wildman–Crippen MR) is 69.8 cm³/mol. The molecule has 0 bridgehead atoms. The fourth-order valence-corrected chi connectivity index (χ4v) is 2.42. The van der Waals surface area contributed by atoms with E-state index in [1.54, 1.807) is 12.5 Å². The molecule has 2 heterocycles. The zero-order valence-electron chi connectivity index (χ0n) is 11.0. The lowest BCUT2D eigenvalue weighted by Gasteiger charge is -2.35. The highest BCUT2D eigenvalue weighted by atomic mass is 16.3. The van der Waals surface area contributed by atoms with Crippen LogP contribution < -0.4 is 5.32 Å². The van der Waals surface area contributed by atoms with E-state index in [0.717, 1.165) is 31.5 Å². The monoisotopic (exact) mass is 236 g/mol. The molecule has 96 valence electrons. The Morgan fingerprint density at radius 3 is 3.00 bits per heavy atom. The smallest absolute Gasteiger partial charge is 0.0947 e. The van der Waals surface area contributed by atoms with Crippen LogP contribution >= 0.6 is 0 Å². The standard InChI is InChI=1S/C14H24N2O/c1-12-3-6-16(10-13(12)2)7-5-15-9-14-4-8-17-11-14/h4,8,11-13,15H,3,5-7,9-10H2,1-2H3. The van der Waals surface area contributed by atoms with Crippen molar-refractivity contribution in [2.75, 3.05) is 26.2 Å². The minimum absolute atomic E-state index is 0.845. The van der Waals surface area contributed by atoms with Gasteiger partial charge in [0.2, 0.25) is 0 Å². The second kappa shape index (κ2) is 6.22. The van der Waals surface area contributed by atoms with E-state index in [9.17, 15) is 0 Å². The predicted octanol–water partition coefficient (Wildman–Crippen LogP) is 2.35. The summed E-state index contributed by atoms with van der Waals surface area (Å²) >= 11 is 0. The van der Waals surface area contributed by atoms with Gasteiger partial charge >= 0.3 is 0 Å². The number of piperidine rings is 1. The lowest BCUT2D eigenvalue weighted by molar-refractivity contribution is 0.139. The van der Waals surface area contributed by atoms with Crippen molar-refractivity contribution < 1.29 is 4.42 Å². The van der Waals surface area contributed by atoms with Crippen LogP contribution in [0.15, 0.2) is 23.0 Å². The molecule has 1 aromatic heterocycles.